The van der Waals surface area contributed by atoms with Gasteiger partial charge in [-0.15, -0.1) is 0 Å². The molecule has 0 spiro atoms. The summed E-state index contributed by atoms with van der Waals surface area (Å²) in [5.74, 6) is 0.931. The van der Waals surface area contributed by atoms with Gasteiger partial charge in [0.2, 0.25) is 17.7 Å². The number of nitrogens with zero attached hydrogens (tertiary/aromatic N) is 5. The molecule has 2 heterocycles. The van der Waals surface area contributed by atoms with E-state index in [-0.39, 0.29) is 11.5 Å². The highest BCUT2D eigenvalue weighted by atomic mass is 16.6. The summed E-state index contributed by atoms with van der Waals surface area (Å²) in [5.41, 5.74) is -0.183. The fourth-order valence-corrected chi connectivity index (χ4v) is 1.48. The number of nitrogens with one attached hydrogen (secondary N) is 2. The Morgan fingerprint density at radius 1 is 1.40 bits per heavy atom. The van der Waals surface area contributed by atoms with Crippen molar-refractivity contribution < 1.29 is 9.45 Å². The summed E-state index contributed by atoms with van der Waals surface area (Å²) in [4.78, 5) is 22.1. The van der Waals surface area contributed by atoms with Crippen molar-refractivity contribution in [3.8, 4) is 0 Å². The van der Waals surface area contributed by atoms with Gasteiger partial charge in [-0.3, -0.25) is 10.1 Å². The van der Waals surface area contributed by atoms with E-state index in [0.29, 0.717) is 31.3 Å². The molecule has 0 atom stereocenters. The number of hydrogen-bond donors (Lipinski definition) is 2. The molecule has 10 heteroatoms. The van der Waals surface area contributed by atoms with Gasteiger partial charge in [-0.25, -0.2) is 4.98 Å². The van der Waals surface area contributed by atoms with Crippen LogP contribution >= 0.6 is 0 Å². The molecule has 0 aromatic carbocycles. The second-order valence-corrected chi connectivity index (χ2v) is 3.73. The Hall–Kier alpha value is -2.78. The standard InChI is InChI=1S/C10H13N7O3/c1-2-11-10-13-5-7(17(18)19)9(16-10)12-4-3-8-14-6-15-20-8/h5-6H,2-4H2,1H3,(H2,11,12,13,16). The summed E-state index contributed by atoms with van der Waals surface area (Å²) in [5, 5.41) is 20.1. The van der Waals surface area contributed by atoms with Crippen molar-refractivity contribution in [3.63, 3.8) is 0 Å². The number of aromatic nitrogens is 4. The van der Waals surface area contributed by atoms with Crippen LogP contribution in [-0.4, -0.2) is 38.1 Å². The summed E-state index contributed by atoms with van der Waals surface area (Å²) >= 11 is 0. The van der Waals surface area contributed by atoms with Gasteiger partial charge in [0.1, 0.15) is 6.20 Å². The molecule has 2 aromatic rings. The highest BCUT2D eigenvalue weighted by molar-refractivity contribution is 5.56. The molecule has 0 aliphatic rings. The fraction of sp³-hybridized carbons (Fsp3) is 0.400. The first-order valence-electron chi connectivity index (χ1n) is 5.95. The van der Waals surface area contributed by atoms with E-state index < -0.39 is 4.92 Å². The number of nitro groups is 1. The van der Waals surface area contributed by atoms with Crippen molar-refractivity contribution in [1.29, 1.82) is 0 Å². The molecule has 0 aliphatic carbocycles. The molecule has 0 saturated carbocycles. The first kappa shape index (κ1) is 13.6. The molecule has 0 saturated heterocycles. The van der Waals surface area contributed by atoms with Crippen molar-refractivity contribution in [2.45, 2.75) is 13.3 Å². The van der Waals surface area contributed by atoms with Gasteiger partial charge in [-0.05, 0) is 6.92 Å². The molecule has 0 bridgehead atoms. The zero-order valence-electron chi connectivity index (χ0n) is 10.7. The van der Waals surface area contributed by atoms with Crippen molar-refractivity contribution in [2.24, 2.45) is 0 Å². The minimum absolute atomic E-state index is 0.153. The molecule has 0 radical (unpaired) electrons. The number of rotatable bonds is 7. The third-order valence-electron chi connectivity index (χ3n) is 2.34. The van der Waals surface area contributed by atoms with Gasteiger partial charge in [0.15, 0.2) is 6.33 Å². The zero-order valence-corrected chi connectivity index (χ0v) is 10.7. The lowest BCUT2D eigenvalue weighted by Crippen LogP contribution is -2.11. The molecular weight excluding hydrogens is 266 g/mol. The van der Waals surface area contributed by atoms with Crippen LogP contribution in [0.3, 0.4) is 0 Å². The van der Waals surface area contributed by atoms with E-state index in [4.69, 9.17) is 4.52 Å². The first-order chi connectivity index (χ1) is 9.70. The summed E-state index contributed by atoms with van der Waals surface area (Å²) < 4.78 is 4.83. The van der Waals surface area contributed by atoms with Gasteiger partial charge in [-0.1, -0.05) is 5.16 Å². The third-order valence-corrected chi connectivity index (χ3v) is 2.34. The average Bonchev–Trinajstić information content (AvgIpc) is 2.92. The van der Waals surface area contributed by atoms with Crippen LogP contribution in [0.4, 0.5) is 17.5 Å². The van der Waals surface area contributed by atoms with E-state index in [1.807, 2.05) is 6.92 Å². The minimum atomic E-state index is -0.537. The van der Waals surface area contributed by atoms with Crippen LogP contribution in [0.15, 0.2) is 17.0 Å². The van der Waals surface area contributed by atoms with E-state index in [1.165, 1.54) is 12.5 Å². The van der Waals surface area contributed by atoms with E-state index in [9.17, 15) is 10.1 Å². The van der Waals surface area contributed by atoms with Crippen molar-refractivity contribution in [1.82, 2.24) is 20.1 Å². The van der Waals surface area contributed by atoms with E-state index in [1.54, 1.807) is 0 Å². The smallest absolute Gasteiger partial charge is 0.329 e. The molecule has 20 heavy (non-hydrogen) atoms. The molecular formula is C10H13N7O3. The molecule has 0 aliphatic heterocycles. The maximum atomic E-state index is 10.9. The first-order valence-corrected chi connectivity index (χ1v) is 5.95. The Bertz CT molecular complexity index is 572. The lowest BCUT2D eigenvalue weighted by Gasteiger charge is -2.07. The molecule has 0 unspecified atom stereocenters. The molecule has 2 rings (SSSR count). The van der Waals surface area contributed by atoms with Gasteiger partial charge in [0, 0.05) is 19.5 Å². The molecule has 10 nitrogen and oxygen atoms in total. The number of anilines is 2. The normalized spacial score (nSPS) is 10.2. The quantitative estimate of drug-likeness (QED) is 0.559. The van der Waals surface area contributed by atoms with E-state index in [2.05, 4.69) is 30.7 Å². The van der Waals surface area contributed by atoms with Crippen LogP contribution in [0.1, 0.15) is 12.8 Å². The summed E-state index contributed by atoms with van der Waals surface area (Å²) in [7, 11) is 0. The third kappa shape index (κ3) is 3.37. The van der Waals surface area contributed by atoms with Gasteiger partial charge in [0.25, 0.3) is 0 Å². The minimum Gasteiger partial charge on any atom is -0.364 e. The largest absolute Gasteiger partial charge is 0.364 e. The lowest BCUT2D eigenvalue weighted by atomic mass is 10.4. The monoisotopic (exact) mass is 279 g/mol. The molecule has 0 amide bonds. The van der Waals surface area contributed by atoms with Crippen LogP contribution in [0.2, 0.25) is 0 Å². The van der Waals surface area contributed by atoms with Gasteiger partial charge in [0.05, 0.1) is 4.92 Å². The van der Waals surface area contributed by atoms with Crippen LogP contribution in [0.5, 0.6) is 0 Å². The number of hydrogen-bond acceptors (Lipinski definition) is 9. The Kier molecular flexibility index (Phi) is 4.37. The highest BCUT2D eigenvalue weighted by Crippen LogP contribution is 2.21. The van der Waals surface area contributed by atoms with Crippen LogP contribution in [-0.2, 0) is 6.42 Å². The Morgan fingerprint density at radius 2 is 2.25 bits per heavy atom. The molecule has 2 aromatic heterocycles. The second kappa shape index (κ2) is 6.41. The second-order valence-electron chi connectivity index (χ2n) is 3.73. The Balaban J connectivity index is 2.06. The van der Waals surface area contributed by atoms with Gasteiger partial charge in [-0.2, -0.15) is 9.97 Å². The van der Waals surface area contributed by atoms with Crippen molar-refractivity contribution in [3.05, 3.63) is 28.5 Å². The predicted molar refractivity (Wildman–Crippen MR) is 69.3 cm³/mol. The molecule has 106 valence electrons. The van der Waals surface area contributed by atoms with Crippen LogP contribution < -0.4 is 10.6 Å². The molecule has 0 fully saturated rings. The zero-order chi connectivity index (χ0) is 14.4. The van der Waals surface area contributed by atoms with Crippen molar-refractivity contribution >= 4 is 17.5 Å². The van der Waals surface area contributed by atoms with Crippen LogP contribution in [0, 0.1) is 10.1 Å². The fourth-order valence-electron chi connectivity index (χ4n) is 1.48. The average molecular weight is 279 g/mol. The molecule has 2 N–H and O–H groups in total. The SMILES string of the molecule is CCNc1ncc([N+](=O)[O-])c(NCCc2ncno2)n1. The Morgan fingerprint density at radius 3 is 2.90 bits per heavy atom. The summed E-state index contributed by atoms with van der Waals surface area (Å²) in [6.07, 6.45) is 2.91. The Labute approximate surface area is 113 Å². The van der Waals surface area contributed by atoms with E-state index >= 15 is 0 Å². The van der Waals surface area contributed by atoms with Gasteiger partial charge < -0.3 is 15.2 Å². The lowest BCUT2D eigenvalue weighted by molar-refractivity contribution is -0.384. The highest BCUT2D eigenvalue weighted by Gasteiger charge is 2.17. The maximum Gasteiger partial charge on any atom is 0.329 e. The van der Waals surface area contributed by atoms with Crippen LogP contribution in [0.25, 0.3) is 0 Å². The summed E-state index contributed by atoms with van der Waals surface area (Å²) in [6, 6.07) is 0. The van der Waals surface area contributed by atoms with Gasteiger partial charge >= 0.3 is 5.69 Å². The van der Waals surface area contributed by atoms with Crippen molar-refractivity contribution in [2.75, 3.05) is 23.7 Å². The predicted octanol–water partition coefficient (Wildman–Crippen LogP) is 0.854. The maximum absolute atomic E-state index is 10.9. The topological polar surface area (TPSA) is 132 Å². The van der Waals surface area contributed by atoms with E-state index in [0.717, 1.165) is 0 Å². The summed E-state index contributed by atoms with van der Waals surface area (Å²) in [6.45, 7) is 2.89.